The van der Waals surface area contributed by atoms with Gasteiger partial charge in [0, 0.05) is 19.7 Å². The second kappa shape index (κ2) is 5.51. The number of aryl methyl sites for hydroxylation is 1. The lowest BCUT2D eigenvalue weighted by atomic mass is 10.2. The summed E-state index contributed by atoms with van der Waals surface area (Å²) in [5.74, 6) is -0.190. The van der Waals surface area contributed by atoms with Crippen molar-refractivity contribution in [3.05, 3.63) is 16.9 Å². The molecule has 1 aromatic heterocycles. The fourth-order valence-electron chi connectivity index (χ4n) is 1.92. The molecule has 0 aliphatic carbocycles. The number of hydrogen-bond acceptors (Lipinski definition) is 3. The Bertz CT molecular complexity index is 399. The standard InChI is InChI=1S/C11H16ClN3O2/c1-2-15-10(9(12)7-14-15)11(16)13-6-8-4-3-5-17-8/h7-8H,2-6H2,1H3,(H,13,16). The summed E-state index contributed by atoms with van der Waals surface area (Å²) in [6.45, 7) is 3.85. The van der Waals surface area contributed by atoms with E-state index in [2.05, 4.69) is 10.4 Å². The summed E-state index contributed by atoms with van der Waals surface area (Å²) in [6.07, 6.45) is 3.69. The van der Waals surface area contributed by atoms with Crippen molar-refractivity contribution in [2.75, 3.05) is 13.2 Å². The van der Waals surface area contributed by atoms with E-state index in [0.29, 0.717) is 23.8 Å². The summed E-state index contributed by atoms with van der Waals surface area (Å²) >= 11 is 5.94. The quantitative estimate of drug-likeness (QED) is 0.889. The highest BCUT2D eigenvalue weighted by Gasteiger charge is 2.20. The van der Waals surface area contributed by atoms with Gasteiger partial charge in [0.2, 0.25) is 0 Å². The van der Waals surface area contributed by atoms with Gasteiger partial charge in [-0.3, -0.25) is 9.48 Å². The number of amides is 1. The highest BCUT2D eigenvalue weighted by atomic mass is 35.5. The summed E-state index contributed by atoms with van der Waals surface area (Å²) in [6, 6.07) is 0. The van der Waals surface area contributed by atoms with Crippen LogP contribution < -0.4 is 5.32 Å². The first-order valence-electron chi connectivity index (χ1n) is 5.83. The third kappa shape index (κ3) is 2.79. The number of ether oxygens (including phenoxy) is 1. The zero-order chi connectivity index (χ0) is 12.3. The van der Waals surface area contributed by atoms with Crippen LogP contribution in [0, 0.1) is 0 Å². The second-order valence-corrected chi connectivity index (χ2v) is 4.41. The molecule has 94 valence electrons. The van der Waals surface area contributed by atoms with Gasteiger partial charge in [-0.1, -0.05) is 11.6 Å². The average molecular weight is 258 g/mol. The van der Waals surface area contributed by atoms with Crippen molar-refractivity contribution in [1.82, 2.24) is 15.1 Å². The van der Waals surface area contributed by atoms with Crippen molar-refractivity contribution >= 4 is 17.5 Å². The Kier molecular flexibility index (Phi) is 4.02. The molecule has 1 aliphatic heterocycles. The van der Waals surface area contributed by atoms with Gasteiger partial charge in [-0.05, 0) is 19.8 Å². The van der Waals surface area contributed by atoms with E-state index in [4.69, 9.17) is 16.3 Å². The Balaban J connectivity index is 1.96. The van der Waals surface area contributed by atoms with E-state index in [9.17, 15) is 4.79 Å². The molecule has 1 fully saturated rings. The van der Waals surface area contributed by atoms with Gasteiger partial charge in [-0.25, -0.2) is 0 Å². The molecule has 6 heteroatoms. The number of hydrogen-bond donors (Lipinski definition) is 1. The predicted molar refractivity (Wildman–Crippen MR) is 64.2 cm³/mol. The van der Waals surface area contributed by atoms with Crippen LogP contribution in [0.3, 0.4) is 0 Å². The molecular weight excluding hydrogens is 242 g/mol. The molecule has 0 aromatic carbocycles. The predicted octanol–water partition coefficient (Wildman–Crippen LogP) is 1.47. The van der Waals surface area contributed by atoms with Crippen molar-refractivity contribution in [3.8, 4) is 0 Å². The first-order valence-corrected chi connectivity index (χ1v) is 6.21. The minimum absolute atomic E-state index is 0.135. The van der Waals surface area contributed by atoms with Crippen LogP contribution in [0.5, 0.6) is 0 Å². The van der Waals surface area contributed by atoms with E-state index in [1.54, 1.807) is 4.68 Å². The van der Waals surface area contributed by atoms with Gasteiger partial charge < -0.3 is 10.1 Å². The zero-order valence-electron chi connectivity index (χ0n) is 9.78. The van der Waals surface area contributed by atoms with Gasteiger partial charge in [0.05, 0.1) is 17.3 Å². The molecule has 1 saturated heterocycles. The number of aromatic nitrogens is 2. The third-order valence-electron chi connectivity index (χ3n) is 2.82. The van der Waals surface area contributed by atoms with E-state index < -0.39 is 0 Å². The van der Waals surface area contributed by atoms with Gasteiger partial charge in [0.15, 0.2) is 0 Å². The second-order valence-electron chi connectivity index (χ2n) is 4.00. The molecule has 1 N–H and O–H groups in total. The molecule has 2 rings (SSSR count). The molecule has 0 saturated carbocycles. The Morgan fingerprint density at radius 1 is 1.76 bits per heavy atom. The molecule has 0 radical (unpaired) electrons. The molecule has 1 aromatic rings. The molecule has 0 spiro atoms. The lowest BCUT2D eigenvalue weighted by Crippen LogP contribution is -2.33. The van der Waals surface area contributed by atoms with Crippen LogP contribution in [0.2, 0.25) is 5.02 Å². The molecule has 1 atom stereocenters. The normalized spacial score (nSPS) is 19.5. The van der Waals surface area contributed by atoms with E-state index >= 15 is 0 Å². The first kappa shape index (κ1) is 12.4. The number of nitrogens with zero attached hydrogens (tertiary/aromatic N) is 2. The Labute approximate surface area is 105 Å². The molecule has 1 amide bonds. The van der Waals surface area contributed by atoms with Crippen LogP contribution in [0.1, 0.15) is 30.3 Å². The number of nitrogens with one attached hydrogen (secondary N) is 1. The van der Waals surface area contributed by atoms with Gasteiger partial charge in [-0.2, -0.15) is 5.10 Å². The molecule has 2 heterocycles. The van der Waals surface area contributed by atoms with E-state index in [-0.39, 0.29) is 12.0 Å². The Morgan fingerprint density at radius 2 is 2.59 bits per heavy atom. The lowest BCUT2D eigenvalue weighted by molar-refractivity contribution is 0.0849. The van der Waals surface area contributed by atoms with Gasteiger partial charge >= 0.3 is 0 Å². The molecule has 17 heavy (non-hydrogen) atoms. The van der Waals surface area contributed by atoms with Crippen molar-refractivity contribution < 1.29 is 9.53 Å². The fourth-order valence-corrected chi connectivity index (χ4v) is 2.15. The van der Waals surface area contributed by atoms with Crippen LogP contribution in [0.4, 0.5) is 0 Å². The third-order valence-corrected chi connectivity index (χ3v) is 3.10. The lowest BCUT2D eigenvalue weighted by Gasteiger charge is -2.11. The molecular formula is C11H16ClN3O2. The maximum absolute atomic E-state index is 12.0. The molecule has 1 unspecified atom stereocenters. The van der Waals surface area contributed by atoms with E-state index in [1.807, 2.05) is 6.92 Å². The molecule has 0 bridgehead atoms. The number of halogens is 1. The number of carbonyl (C=O) groups is 1. The highest BCUT2D eigenvalue weighted by molar-refractivity contribution is 6.33. The topological polar surface area (TPSA) is 56.2 Å². The van der Waals surface area contributed by atoms with Crippen molar-refractivity contribution in [3.63, 3.8) is 0 Å². The SMILES string of the molecule is CCn1ncc(Cl)c1C(=O)NCC1CCCO1. The van der Waals surface area contributed by atoms with E-state index in [1.165, 1.54) is 6.20 Å². The molecule has 1 aliphatic rings. The number of carbonyl (C=O) groups excluding carboxylic acids is 1. The van der Waals surface area contributed by atoms with E-state index in [0.717, 1.165) is 19.4 Å². The average Bonchev–Trinajstić information content (AvgIpc) is 2.94. The maximum Gasteiger partial charge on any atom is 0.271 e. The Hall–Kier alpha value is -1.07. The minimum Gasteiger partial charge on any atom is -0.376 e. The van der Waals surface area contributed by atoms with Crippen molar-refractivity contribution in [2.24, 2.45) is 0 Å². The summed E-state index contributed by atoms with van der Waals surface area (Å²) in [4.78, 5) is 12.0. The number of rotatable bonds is 4. The van der Waals surface area contributed by atoms with Crippen molar-refractivity contribution in [2.45, 2.75) is 32.4 Å². The highest BCUT2D eigenvalue weighted by Crippen LogP contribution is 2.15. The fraction of sp³-hybridized carbons (Fsp3) is 0.636. The smallest absolute Gasteiger partial charge is 0.271 e. The maximum atomic E-state index is 12.0. The Morgan fingerprint density at radius 3 is 3.24 bits per heavy atom. The van der Waals surface area contributed by atoms with Crippen LogP contribution >= 0.6 is 11.6 Å². The van der Waals surface area contributed by atoms with Gasteiger partial charge in [0.1, 0.15) is 5.69 Å². The summed E-state index contributed by atoms with van der Waals surface area (Å²) in [7, 11) is 0. The van der Waals surface area contributed by atoms with Crippen LogP contribution in [0.15, 0.2) is 6.20 Å². The van der Waals surface area contributed by atoms with Gasteiger partial charge in [-0.15, -0.1) is 0 Å². The summed E-state index contributed by atoms with van der Waals surface area (Å²) in [5.41, 5.74) is 0.423. The summed E-state index contributed by atoms with van der Waals surface area (Å²) < 4.78 is 7.03. The van der Waals surface area contributed by atoms with Crippen LogP contribution in [-0.4, -0.2) is 34.9 Å². The zero-order valence-corrected chi connectivity index (χ0v) is 10.5. The minimum atomic E-state index is -0.190. The van der Waals surface area contributed by atoms with Crippen LogP contribution in [0.25, 0.3) is 0 Å². The molecule has 5 nitrogen and oxygen atoms in total. The summed E-state index contributed by atoms with van der Waals surface area (Å²) in [5, 5.41) is 7.25. The van der Waals surface area contributed by atoms with Crippen molar-refractivity contribution in [1.29, 1.82) is 0 Å². The van der Waals surface area contributed by atoms with Gasteiger partial charge in [0.25, 0.3) is 5.91 Å². The first-order chi connectivity index (χ1) is 8.22. The largest absolute Gasteiger partial charge is 0.376 e. The van der Waals surface area contributed by atoms with Crippen LogP contribution in [-0.2, 0) is 11.3 Å². The monoisotopic (exact) mass is 257 g/mol.